The zero-order chi connectivity index (χ0) is 15.6. The summed E-state index contributed by atoms with van der Waals surface area (Å²) in [7, 11) is -3.98. The molecule has 0 aliphatic heterocycles. The first kappa shape index (κ1) is 16.2. The van der Waals surface area contributed by atoms with Gasteiger partial charge in [0.2, 0.25) is 10.0 Å². The smallest absolute Gasteiger partial charge is 0.255 e. The summed E-state index contributed by atoms with van der Waals surface area (Å²) in [6.07, 6.45) is 0. The van der Waals surface area contributed by atoms with Crippen LogP contribution in [0.3, 0.4) is 0 Å². The van der Waals surface area contributed by atoms with Gasteiger partial charge in [0.1, 0.15) is 4.90 Å². The Labute approximate surface area is 140 Å². The maximum atomic E-state index is 12.2. The van der Waals surface area contributed by atoms with E-state index in [4.69, 9.17) is 16.7 Å². The van der Waals surface area contributed by atoms with Crippen LogP contribution in [-0.4, -0.2) is 14.3 Å². The number of carbonyl (C=O) groups is 1. The maximum absolute atomic E-state index is 12.2. The van der Waals surface area contributed by atoms with Gasteiger partial charge < -0.3 is 5.32 Å². The number of primary sulfonamides is 1. The molecule has 2 aromatic rings. The van der Waals surface area contributed by atoms with Crippen molar-refractivity contribution in [2.75, 3.05) is 5.32 Å². The second-order valence-corrected chi connectivity index (χ2v) is 7.22. The first-order chi connectivity index (χ1) is 9.79. The van der Waals surface area contributed by atoms with E-state index in [1.807, 2.05) is 12.1 Å². The molecule has 0 fully saturated rings. The summed E-state index contributed by atoms with van der Waals surface area (Å²) in [5, 5.41) is 7.73. The highest BCUT2D eigenvalue weighted by Crippen LogP contribution is 2.23. The van der Waals surface area contributed by atoms with Crippen LogP contribution in [-0.2, 0) is 10.0 Å². The molecule has 3 N–H and O–H groups in total. The average molecular weight is 437 g/mol. The number of nitrogens with one attached hydrogen (secondary N) is 1. The van der Waals surface area contributed by atoms with Gasteiger partial charge in [0.05, 0.1) is 10.7 Å². The highest BCUT2D eigenvalue weighted by atomic mass is 127. The third-order valence-electron chi connectivity index (χ3n) is 2.62. The molecule has 0 bridgehead atoms. The Morgan fingerprint density at radius 2 is 1.86 bits per heavy atom. The monoisotopic (exact) mass is 436 g/mol. The van der Waals surface area contributed by atoms with E-state index in [9.17, 15) is 13.2 Å². The molecule has 0 aliphatic carbocycles. The lowest BCUT2D eigenvalue weighted by molar-refractivity contribution is 0.102. The number of sulfonamides is 1. The molecule has 0 radical (unpaired) electrons. The lowest BCUT2D eigenvalue weighted by Crippen LogP contribution is -2.16. The molecule has 0 heterocycles. The van der Waals surface area contributed by atoms with Crippen LogP contribution in [0.15, 0.2) is 47.4 Å². The van der Waals surface area contributed by atoms with E-state index >= 15 is 0 Å². The van der Waals surface area contributed by atoms with Crippen molar-refractivity contribution in [2.45, 2.75) is 4.90 Å². The van der Waals surface area contributed by atoms with Crippen LogP contribution in [0.2, 0.25) is 5.02 Å². The van der Waals surface area contributed by atoms with Crippen LogP contribution in [0.4, 0.5) is 5.69 Å². The molecular formula is C13H10ClIN2O3S. The molecule has 5 nitrogen and oxygen atoms in total. The molecule has 0 atom stereocenters. The van der Waals surface area contributed by atoms with E-state index in [0.29, 0.717) is 5.69 Å². The van der Waals surface area contributed by atoms with E-state index in [1.54, 1.807) is 12.1 Å². The molecule has 0 saturated carbocycles. The Bertz CT molecular complexity index is 809. The molecule has 0 aromatic heterocycles. The molecule has 0 unspecified atom stereocenters. The number of anilines is 1. The van der Waals surface area contributed by atoms with Crippen molar-refractivity contribution in [3.8, 4) is 0 Å². The summed E-state index contributed by atoms with van der Waals surface area (Å²) in [5.74, 6) is -0.444. The Hall–Kier alpha value is -1.16. The summed E-state index contributed by atoms with van der Waals surface area (Å²) < 4.78 is 23.7. The predicted molar refractivity (Wildman–Crippen MR) is 89.9 cm³/mol. The van der Waals surface area contributed by atoms with Gasteiger partial charge >= 0.3 is 0 Å². The van der Waals surface area contributed by atoms with Crippen LogP contribution in [0.1, 0.15) is 10.4 Å². The van der Waals surface area contributed by atoms with E-state index in [0.717, 1.165) is 9.64 Å². The van der Waals surface area contributed by atoms with Gasteiger partial charge in [-0.1, -0.05) is 23.7 Å². The van der Waals surface area contributed by atoms with Crippen molar-refractivity contribution in [1.82, 2.24) is 0 Å². The maximum Gasteiger partial charge on any atom is 0.255 e. The van der Waals surface area contributed by atoms with Crippen LogP contribution < -0.4 is 10.5 Å². The number of para-hydroxylation sites is 1. The highest BCUT2D eigenvalue weighted by molar-refractivity contribution is 14.1. The molecule has 0 saturated heterocycles. The van der Waals surface area contributed by atoms with Gasteiger partial charge in [0.25, 0.3) is 5.91 Å². The fourth-order valence-corrected chi connectivity index (χ4v) is 3.21. The van der Waals surface area contributed by atoms with E-state index in [-0.39, 0.29) is 15.5 Å². The summed E-state index contributed by atoms with van der Waals surface area (Å²) in [4.78, 5) is 11.9. The van der Waals surface area contributed by atoms with Crippen molar-refractivity contribution in [2.24, 2.45) is 5.14 Å². The normalized spacial score (nSPS) is 11.2. The summed E-state index contributed by atoms with van der Waals surface area (Å²) in [6, 6.07) is 11.1. The number of nitrogens with two attached hydrogens (primary N) is 1. The van der Waals surface area contributed by atoms with Crippen LogP contribution in [0, 0.1) is 3.57 Å². The van der Waals surface area contributed by atoms with Crippen molar-refractivity contribution in [1.29, 1.82) is 0 Å². The topological polar surface area (TPSA) is 89.3 Å². The minimum Gasteiger partial charge on any atom is -0.321 e. The Balaban J connectivity index is 2.35. The molecule has 8 heteroatoms. The largest absolute Gasteiger partial charge is 0.321 e. The molecular weight excluding hydrogens is 427 g/mol. The number of hydrogen-bond donors (Lipinski definition) is 2. The van der Waals surface area contributed by atoms with Gasteiger partial charge in [-0.3, -0.25) is 4.79 Å². The van der Waals surface area contributed by atoms with E-state index in [1.165, 1.54) is 12.1 Å². The molecule has 2 aromatic carbocycles. The second kappa shape index (κ2) is 6.30. The lowest BCUT2D eigenvalue weighted by Gasteiger charge is -2.09. The molecule has 0 aliphatic rings. The number of carbonyl (C=O) groups excluding carboxylic acids is 1. The number of halogens is 2. The standard InChI is InChI=1S/C13H10ClIN2O3S/c14-9-6-5-8(7-12(9)21(16,19)20)13(18)17-11-4-2-1-3-10(11)15/h1-7H,(H,17,18)(H2,16,19,20). The second-order valence-electron chi connectivity index (χ2n) is 4.12. The minimum absolute atomic E-state index is 0.0247. The average Bonchev–Trinajstić information content (AvgIpc) is 2.40. The predicted octanol–water partition coefficient (Wildman–Crippen LogP) is 2.84. The number of rotatable bonds is 3. The Kier molecular flexibility index (Phi) is 4.87. The quantitative estimate of drug-likeness (QED) is 0.725. The van der Waals surface area contributed by atoms with Gasteiger partial charge in [-0.25, -0.2) is 13.6 Å². The molecule has 1 amide bonds. The molecule has 0 spiro atoms. The third kappa shape index (κ3) is 3.94. The van der Waals surface area contributed by atoms with Crippen molar-refractivity contribution in [3.05, 3.63) is 56.6 Å². The molecule has 110 valence electrons. The van der Waals surface area contributed by atoms with Gasteiger partial charge in [-0.05, 0) is 52.9 Å². The van der Waals surface area contributed by atoms with Crippen molar-refractivity contribution >= 4 is 55.8 Å². The Morgan fingerprint density at radius 3 is 2.48 bits per heavy atom. The molecule has 2 rings (SSSR count). The first-order valence-corrected chi connectivity index (χ1v) is 8.67. The zero-order valence-corrected chi connectivity index (χ0v) is 14.2. The zero-order valence-electron chi connectivity index (χ0n) is 10.5. The molecule has 21 heavy (non-hydrogen) atoms. The number of benzene rings is 2. The van der Waals surface area contributed by atoms with Gasteiger partial charge in [-0.2, -0.15) is 0 Å². The van der Waals surface area contributed by atoms with Gasteiger partial charge in [0, 0.05) is 9.13 Å². The SMILES string of the molecule is NS(=O)(=O)c1cc(C(=O)Nc2ccccc2I)ccc1Cl. The van der Waals surface area contributed by atoms with Crippen LogP contribution in [0.25, 0.3) is 0 Å². The minimum atomic E-state index is -3.98. The fraction of sp³-hybridized carbons (Fsp3) is 0. The van der Waals surface area contributed by atoms with Crippen molar-refractivity contribution in [3.63, 3.8) is 0 Å². The Morgan fingerprint density at radius 1 is 1.19 bits per heavy atom. The van der Waals surface area contributed by atoms with Crippen LogP contribution in [0.5, 0.6) is 0 Å². The van der Waals surface area contributed by atoms with E-state index < -0.39 is 15.9 Å². The first-order valence-electron chi connectivity index (χ1n) is 5.67. The van der Waals surface area contributed by atoms with Gasteiger partial charge in [0.15, 0.2) is 0 Å². The third-order valence-corrected chi connectivity index (χ3v) is 4.96. The van der Waals surface area contributed by atoms with E-state index in [2.05, 4.69) is 27.9 Å². The summed E-state index contributed by atoms with van der Waals surface area (Å²) >= 11 is 7.87. The van der Waals surface area contributed by atoms with Crippen LogP contribution >= 0.6 is 34.2 Å². The lowest BCUT2D eigenvalue weighted by atomic mass is 10.2. The van der Waals surface area contributed by atoms with Gasteiger partial charge in [-0.15, -0.1) is 0 Å². The van der Waals surface area contributed by atoms with Crippen molar-refractivity contribution < 1.29 is 13.2 Å². The number of amides is 1. The fourth-order valence-electron chi connectivity index (χ4n) is 1.62. The number of hydrogen-bond acceptors (Lipinski definition) is 3. The summed E-state index contributed by atoms with van der Waals surface area (Å²) in [6.45, 7) is 0. The highest BCUT2D eigenvalue weighted by Gasteiger charge is 2.16. The summed E-state index contributed by atoms with van der Waals surface area (Å²) in [5.41, 5.74) is 0.790.